The van der Waals surface area contributed by atoms with E-state index in [1.807, 2.05) is 25.6 Å². The van der Waals surface area contributed by atoms with Crippen molar-refractivity contribution in [3.05, 3.63) is 23.2 Å². The summed E-state index contributed by atoms with van der Waals surface area (Å²) in [4.78, 5) is 0. The van der Waals surface area contributed by atoms with Crippen molar-refractivity contribution >= 4 is 11.8 Å². The smallest absolute Gasteiger partial charge is 0.105 e. The summed E-state index contributed by atoms with van der Waals surface area (Å²) in [6.07, 6.45) is 2.14. The minimum atomic E-state index is 0.372. The van der Waals surface area contributed by atoms with Crippen LogP contribution in [0.25, 0.3) is 0 Å². The average molecular weight is 227 g/mol. The van der Waals surface area contributed by atoms with Crippen LogP contribution in [0.1, 0.15) is 37.0 Å². The molecule has 86 valence electrons. The summed E-state index contributed by atoms with van der Waals surface area (Å²) < 4.78 is 5.52. The zero-order valence-electron chi connectivity index (χ0n) is 10.3. The number of furan rings is 1. The van der Waals surface area contributed by atoms with Crippen molar-refractivity contribution in [3.8, 4) is 0 Å². The molecule has 1 rings (SSSR count). The van der Waals surface area contributed by atoms with Crippen LogP contribution in [0.3, 0.4) is 0 Å². The highest BCUT2D eigenvalue weighted by molar-refractivity contribution is 7.99. The summed E-state index contributed by atoms with van der Waals surface area (Å²) in [5, 5.41) is 4.18. The van der Waals surface area contributed by atoms with Crippen molar-refractivity contribution < 1.29 is 4.42 Å². The number of rotatable bonds is 5. The number of nitrogens with one attached hydrogen (secondary N) is 1. The lowest BCUT2D eigenvalue weighted by Crippen LogP contribution is -2.25. The van der Waals surface area contributed by atoms with E-state index in [0.717, 1.165) is 18.1 Å². The summed E-state index contributed by atoms with van der Waals surface area (Å²) in [6.45, 7) is 9.47. The minimum absolute atomic E-state index is 0.372. The molecule has 2 unspecified atom stereocenters. The van der Waals surface area contributed by atoms with E-state index >= 15 is 0 Å². The molecular weight excluding hydrogens is 206 g/mol. The van der Waals surface area contributed by atoms with Gasteiger partial charge in [-0.2, -0.15) is 11.8 Å². The predicted molar refractivity (Wildman–Crippen MR) is 67.6 cm³/mol. The van der Waals surface area contributed by atoms with E-state index in [1.54, 1.807) is 0 Å². The highest BCUT2D eigenvalue weighted by Crippen LogP contribution is 2.21. The number of hydrogen-bond acceptors (Lipinski definition) is 3. The van der Waals surface area contributed by atoms with E-state index in [2.05, 4.69) is 31.5 Å². The van der Waals surface area contributed by atoms with Crippen molar-refractivity contribution in [3.63, 3.8) is 0 Å². The molecule has 15 heavy (non-hydrogen) atoms. The Kier molecular flexibility index (Phi) is 4.74. The molecule has 0 saturated heterocycles. The van der Waals surface area contributed by atoms with Crippen LogP contribution in [0, 0.1) is 13.8 Å². The van der Waals surface area contributed by atoms with Crippen molar-refractivity contribution in [2.24, 2.45) is 0 Å². The highest BCUT2D eigenvalue weighted by atomic mass is 32.2. The molecular formula is C12H21NOS. The van der Waals surface area contributed by atoms with Gasteiger partial charge in [0.1, 0.15) is 11.5 Å². The molecule has 0 aliphatic heterocycles. The number of thioether (sulfide) groups is 1. The Bertz CT molecular complexity index is 309. The quantitative estimate of drug-likeness (QED) is 0.835. The van der Waals surface area contributed by atoms with Crippen LogP contribution in [0.15, 0.2) is 10.5 Å². The molecule has 0 aliphatic carbocycles. The molecule has 0 radical (unpaired) electrons. The average Bonchev–Trinajstić information content (AvgIpc) is 2.53. The van der Waals surface area contributed by atoms with Crippen LogP contribution in [-0.4, -0.2) is 18.1 Å². The van der Waals surface area contributed by atoms with Gasteiger partial charge in [-0.15, -0.1) is 0 Å². The minimum Gasteiger partial charge on any atom is -0.466 e. The SMILES string of the molecule is CSC(C)CNC(C)c1cc(C)oc1C. The Morgan fingerprint density at radius 2 is 2.07 bits per heavy atom. The van der Waals surface area contributed by atoms with Gasteiger partial charge in [-0.3, -0.25) is 0 Å². The number of aryl methyl sites for hydroxylation is 2. The van der Waals surface area contributed by atoms with E-state index in [4.69, 9.17) is 4.42 Å². The van der Waals surface area contributed by atoms with Crippen LogP contribution >= 0.6 is 11.8 Å². The second-order valence-corrected chi connectivity index (χ2v) is 5.32. The van der Waals surface area contributed by atoms with Gasteiger partial charge >= 0.3 is 0 Å². The molecule has 0 spiro atoms. The maximum Gasteiger partial charge on any atom is 0.105 e. The molecule has 0 bridgehead atoms. The lowest BCUT2D eigenvalue weighted by atomic mass is 10.1. The molecule has 0 saturated carbocycles. The Hall–Kier alpha value is -0.410. The van der Waals surface area contributed by atoms with Gasteiger partial charge in [0.25, 0.3) is 0 Å². The fraction of sp³-hybridized carbons (Fsp3) is 0.667. The summed E-state index contributed by atoms with van der Waals surface area (Å²) in [6, 6.07) is 2.49. The Balaban J connectivity index is 2.53. The van der Waals surface area contributed by atoms with E-state index in [-0.39, 0.29) is 0 Å². The normalized spacial score (nSPS) is 15.3. The fourth-order valence-corrected chi connectivity index (χ4v) is 1.88. The monoisotopic (exact) mass is 227 g/mol. The molecule has 0 aliphatic rings. The van der Waals surface area contributed by atoms with Crippen LogP contribution < -0.4 is 5.32 Å². The fourth-order valence-electron chi connectivity index (χ4n) is 1.62. The molecule has 1 heterocycles. The maximum absolute atomic E-state index is 5.52. The van der Waals surface area contributed by atoms with Crippen molar-refractivity contribution in [2.45, 2.75) is 39.0 Å². The van der Waals surface area contributed by atoms with Crippen LogP contribution in [0.2, 0.25) is 0 Å². The van der Waals surface area contributed by atoms with Crippen molar-refractivity contribution in [1.82, 2.24) is 5.32 Å². The number of hydrogen-bond donors (Lipinski definition) is 1. The molecule has 0 aromatic carbocycles. The summed E-state index contributed by atoms with van der Waals surface area (Å²) in [7, 11) is 0. The Morgan fingerprint density at radius 3 is 2.53 bits per heavy atom. The standard InChI is InChI=1S/C12H21NOS/c1-8-6-12(11(4)14-8)10(3)13-7-9(2)15-5/h6,9-10,13H,7H2,1-5H3. The molecule has 2 nitrogen and oxygen atoms in total. The van der Waals surface area contributed by atoms with Crippen LogP contribution in [0.4, 0.5) is 0 Å². The first-order valence-corrected chi connectivity index (χ1v) is 6.66. The molecule has 1 aromatic rings. The van der Waals surface area contributed by atoms with E-state index in [0.29, 0.717) is 11.3 Å². The van der Waals surface area contributed by atoms with Gasteiger partial charge in [0.2, 0.25) is 0 Å². The molecule has 0 fully saturated rings. The maximum atomic E-state index is 5.52. The van der Waals surface area contributed by atoms with Crippen molar-refractivity contribution in [1.29, 1.82) is 0 Å². The topological polar surface area (TPSA) is 25.2 Å². The third-order valence-electron chi connectivity index (χ3n) is 2.66. The zero-order chi connectivity index (χ0) is 11.4. The predicted octanol–water partition coefficient (Wildman–Crippen LogP) is 3.30. The molecule has 3 heteroatoms. The van der Waals surface area contributed by atoms with Gasteiger partial charge in [0.15, 0.2) is 0 Å². The third kappa shape index (κ3) is 3.58. The van der Waals surface area contributed by atoms with Gasteiger partial charge in [-0.05, 0) is 33.1 Å². The highest BCUT2D eigenvalue weighted by Gasteiger charge is 2.12. The van der Waals surface area contributed by atoms with Gasteiger partial charge in [-0.25, -0.2) is 0 Å². The lowest BCUT2D eigenvalue weighted by molar-refractivity contribution is 0.490. The molecule has 0 amide bonds. The second kappa shape index (κ2) is 5.61. The van der Waals surface area contributed by atoms with E-state index in [1.165, 1.54) is 5.56 Å². The third-order valence-corrected chi connectivity index (χ3v) is 3.63. The first kappa shape index (κ1) is 12.7. The van der Waals surface area contributed by atoms with Gasteiger partial charge in [0, 0.05) is 23.4 Å². The van der Waals surface area contributed by atoms with E-state index < -0.39 is 0 Å². The summed E-state index contributed by atoms with van der Waals surface area (Å²) >= 11 is 1.89. The Labute approximate surface area is 96.8 Å². The van der Waals surface area contributed by atoms with Crippen molar-refractivity contribution in [2.75, 3.05) is 12.8 Å². The molecule has 1 aromatic heterocycles. The first-order chi connectivity index (χ1) is 7.04. The molecule has 2 atom stereocenters. The summed E-state index contributed by atoms with van der Waals surface area (Å²) in [5.74, 6) is 2.03. The second-order valence-electron chi connectivity index (χ2n) is 4.04. The molecule has 1 N–H and O–H groups in total. The van der Waals surface area contributed by atoms with Crippen LogP contribution in [-0.2, 0) is 0 Å². The van der Waals surface area contributed by atoms with Gasteiger partial charge in [-0.1, -0.05) is 6.92 Å². The van der Waals surface area contributed by atoms with Gasteiger partial charge < -0.3 is 9.73 Å². The van der Waals surface area contributed by atoms with E-state index in [9.17, 15) is 0 Å². The largest absolute Gasteiger partial charge is 0.466 e. The first-order valence-electron chi connectivity index (χ1n) is 5.37. The Morgan fingerprint density at radius 1 is 1.40 bits per heavy atom. The summed E-state index contributed by atoms with van der Waals surface area (Å²) in [5.41, 5.74) is 1.28. The lowest BCUT2D eigenvalue weighted by Gasteiger charge is -2.15. The van der Waals surface area contributed by atoms with Gasteiger partial charge in [0.05, 0.1) is 0 Å². The van der Waals surface area contributed by atoms with Crippen LogP contribution in [0.5, 0.6) is 0 Å². The zero-order valence-corrected chi connectivity index (χ0v) is 11.1.